The molecule has 0 radical (unpaired) electrons. The summed E-state index contributed by atoms with van der Waals surface area (Å²) < 4.78 is 25.4. The van der Waals surface area contributed by atoms with Gasteiger partial charge in [0.15, 0.2) is 0 Å². The van der Waals surface area contributed by atoms with E-state index in [1.54, 1.807) is 32.9 Å². The van der Waals surface area contributed by atoms with Crippen molar-refractivity contribution in [2.45, 2.75) is 128 Å². The van der Waals surface area contributed by atoms with Gasteiger partial charge in [0.2, 0.25) is 11.8 Å². The van der Waals surface area contributed by atoms with Gasteiger partial charge in [-0.15, -0.1) is 0 Å². The highest BCUT2D eigenvalue weighted by molar-refractivity contribution is 6.43. The highest BCUT2D eigenvalue weighted by atomic mass is 19.1. The number of benzene rings is 1. The molecule has 1 aromatic carbocycles. The van der Waals surface area contributed by atoms with Crippen molar-refractivity contribution in [3.8, 4) is 0 Å². The Morgan fingerprint density at radius 3 is 2.33 bits per heavy atom. The molecule has 1 unspecified atom stereocenters. The summed E-state index contributed by atoms with van der Waals surface area (Å²) in [4.78, 5) is 56.2. The van der Waals surface area contributed by atoms with Crippen LogP contribution in [0.2, 0.25) is 0 Å². The standard InChI is InChI=1S/C31H46BFN4O8/c1-31(2,3)45-29(40)34-24-14-9-7-5-4-6-8-10-15-26(32(42)43)35-27(38)25-16-21(18-37(25)28(24)39)44-30(41)36-17-20-12-11-13-23(33)22(20)19-36/h11-13,21,24-26,42-43H,4-10,14-19H2,1-3H3,(H,34,40)(H,35,38)/t21-,24?,25+,26-/m1/s1. The Bertz CT molecular complexity index is 1230. The molecule has 0 aromatic heterocycles. The van der Waals surface area contributed by atoms with E-state index in [4.69, 9.17) is 9.47 Å². The maximum absolute atomic E-state index is 14.3. The van der Waals surface area contributed by atoms with Crippen molar-refractivity contribution in [1.29, 1.82) is 0 Å². The number of fused-ring (bicyclic) bond motifs is 2. The second kappa shape index (κ2) is 15.3. The van der Waals surface area contributed by atoms with Gasteiger partial charge < -0.3 is 35.1 Å². The summed E-state index contributed by atoms with van der Waals surface area (Å²) in [7, 11) is -1.80. The number of hydrogen-bond acceptors (Lipinski definition) is 8. The Morgan fingerprint density at radius 2 is 1.69 bits per heavy atom. The minimum absolute atomic E-state index is 0.0358. The Kier molecular flexibility index (Phi) is 11.7. The first kappa shape index (κ1) is 34.5. The van der Waals surface area contributed by atoms with E-state index in [1.165, 1.54) is 15.9 Å². The number of halogens is 1. The zero-order valence-corrected chi connectivity index (χ0v) is 26.4. The van der Waals surface area contributed by atoms with E-state index in [0.29, 0.717) is 36.8 Å². The van der Waals surface area contributed by atoms with Crippen LogP contribution in [0.3, 0.4) is 0 Å². The first-order valence-electron chi connectivity index (χ1n) is 16.0. The van der Waals surface area contributed by atoms with Crippen molar-refractivity contribution in [3.63, 3.8) is 0 Å². The zero-order chi connectivity index (χ0) is 32.7. The molecule has 14 heteroatoms. The van der Waals surface area contributed by atoms with E-state index in [2.05, 4.69) is 10.6 Å². The van der Waals surface area contributed by atoms with Gasteiger partial charge in [-0.05, 0) is 45.2 Å². The smallest absolute Gasteiger partial charge is 0.444 e. The molecule has 0 aliphatic carbocycles. The Morgan fingerprint density at radius 1 is 1.02 bits per heavy atom. The lowest BCUT2D eigenvalue weighted by Gasteiger charge is -2.30. The number of rotatable bonds is 3. The van der Waals surface area contributed by atoms with E-state index in [-0.39, 0.29) is 26.1 Å². The molecule has 4 rings (SSSR count). The molecule has 45 heavy (non-hydrogen) atoms. The molecule has 4 atom stereocenters. The van der Waals surface area contributed by atoms with Crippen LogP contribution in [0.1, 0.15) is 96.1 Å². The molecule has 1 aromatic rings. The molecule has 3 aliphatic heterocycles. The summed E-state index contributed by atoms with van der Waals surface area (Å²) >= 11 is 0. The third-order valence-corrected chi connectivity index (χ3v) is 8.48. The van der Waals surface area contributed by atoms with Crippen LogP contribution in [-0.2, 0) is 32.2 Å². The molecule has 2 saturated heterocycles. The van der Waals surface area contributed by atoms with Crippen molar-refractivity contribution >= 4 is 31.1 Å². The largest absolute Gasteiger partial charge is 0.475 e. The number of alkyl carbamates (subject to hydrolysis) is 1. The molecule has 4 N–H and O–H groups in total. The van der Waals surface area contributed by atoms with Crippen LogP contribution in [0.4, 0.5) is 14.0 Å². The Hall–Kier alpha value is -3.39. The lowest BCUT2D eigenvalue weighted by atomic mass is 9.76. The number of nitrogens with zero attached hydrogens (tertiary/aromatic N) is 2. The number of amides is 4. The minimum Gasteiger partial charge on any atom is -0.444 e. The zero-order valence-electron chi connectivity index (χ0n) is 26.4. The second-order valence-corrected chi connectivity index (χ2v) is 13.3. The van der Waals surface area contributed by atoms with Gasteiger partial charge in [-0.1, -0.05) is 57.1 Å². The average molecular weight is 633 g/mol. The van der Waals surface area contributed by atoms with Crippen LogP contribution in [0.25, 0.3) is 0 Å². The van der Waals surface area contributed by atoms with Crippen LogP contribution in [0.15, 0.2) is 18.2 Å². The summed E-state index contributed by atoms with van der Waals surface area (Å²) in [5.74, 6) is -2.49. The summed E-state index contributed by atoms with van der Waals surface area (Å²) in [5.41, 5.74) is 0.309. The topological polar surface area (TPSA) is 158 Å². The molecular formula is C31H46BFN4O8. The van der Waals surface area contributed by atoms with Gasteiger partial charge in [0, 0.05) is 18.5 Å². The summed E-state index contributed by atoms with van der Waals surface area (Å²) in [6.45, 7) is 5.24. The van der Waals surface area contributed by atoms with Crippen LogP contribution in [0, 0.1) is 5.82 Å². The number of carbonyl (C=O) groups excluding carboxylic acids is 4. The van der Waals surface area contributed by atoms with E-state index >= 15 is 0 Å². The maximum atomic E-state index is 14.3. The molecule has 12 nitrogen and oxygen atoms in total. The monoisotopic (exact) mass is 632 g/mol. The van der Waals surface area contributed by atoms with Gasteiger partial charge in [-0.3, -0.25) is 14.5 Å². The van der Waals surface area contributed by atoms with E-state index in [9.17, 15) is 33.6 Å². The predicted molar refractivity (Wildman–Crippen MR) is 163 cm³/mol. The summed E-state index contributed by atoms with van der Waals surface area (Å²) in [5, 5.41) is 25.4. The molecule has 4 amide bonds. The fourth-order valence-corrected chi connectivity index (χ4v) is 6.18. The second-order valence-electron chi connectivity index (χ2n) is 13.3. The van der Waals surface area contributed by atoms with Gasteiger partial charge >= 0.3 is 19.3 Å². The van der Waals surface area contributed by atoms with Gasteiger partial charge in [0.05, 0.1) is 19.0 Å². The lowest BCUT2D eigenvalue weighted by molar-refractivity contribution is -0.140. The molecule has 0 bridgehead atoms. The molecule has 3 aliphatic rings. The number of nitrogens with one attached hydrogen (secondary N) is 2. The third-order valence-electron chi connectivity index (χ3n) is 8.48. The van der Waals surface area contributed by atoms with Crippen molar-refractivity contribution in [2.24, 2.45) is 0 Å². The van der Waals surface area contributed by atoms with Gasteiger partial charge in [-0.2, -0.15) is 0 Å². The first-order valence-corrected chi connectivity index (χ1v) is 16.0. The van der Waals surface area contributed by atoms with E-state index < -0.39 is 66.7 Å². The van der Waals surface area contributed by atoms with Crippen molar-refractivity contribution in [1.82, 2.24) is 20.4 Å². The van der Waals surface area contributed by atoms with Crippen LogP contribution in [0.5, 0.6) is 0 Å². The molecule has 0 saturated carbocycles. The SMILES string of the molecule is CC(C)(C)OC(=O)NC1CCCCCCCCC[C@H](B(O)O)NC(=O)[C@@H]2C[C@@H](OC(=O)N3Cc4cccc(F)c4C3)CN2C1=O. The van der Waals surface area contributed by atoms with Crippen LogP contribution >= 0.6 is 0 Å². The minimum atomic E-state index is -1.80. The quantitative estimate of drug-likeness (QED) is 0.370. The molecular weight excluding hydrogens is 586 g/mol. The highest BCUT2D eigenvalue weighted by Gasteiger charge is 2.45. The van der Waals surface area contributed by atoms with Gasteiger partial charge in [0.25, 0.3) is 0 Å². The average Bonchev–Trinajstić information content (AvgIpc) is 3.58. The summed E-state index contributed by atoms with van der Waals surface area (Å²) in [6.07, 6.45) is 4.27. The number of hydrogen-bond donors (Lipinski definition) is 4. The molecule has 0 spiro atoms. The maximum Gasteiger partial charge on any atom is 0.475 e. The fourth-order valence-electron chi connectivity index (χ4n) is 6.18. The van der Waals surface area contributed by atoms with Crippen molar-refractivity contribution in [3.05, 3.63) is 35.1 Å². The first-order chi connectivity index (χ1) is 21.3. The lowest BCUT2D eigenvalue weighted by Crippen LogP contribution is -2.56. The number of ether oxygens (including phenoxy) is 2. The Labute approximate surface area is 264 Å². The molecule has 3 heterocycles. The molecule has 2 fully saturated rings. The highest BCUT2D eigenvalue weighted by Crippen LogP contribution is 2.28. The van der Waals surface area contributed by atoms with Gasteiger partial charge in [-0.25, -0.2) is 14.0 Å². The van der Waals surface area contributed by atoms with E-state index in [0.717, 1.165) is 32.1 Å². The molecule has 248 valence electrons. The van der Waals surface area contributed by atoms with Gasteiger partial charge in [0.1, 0.15) is 29.6 Å². The van der Waals surface area contributed by atoms with Crippen molar-refractivity contribution < 1.29 is 43.1 Å². The van der Waals surface area contributed by atoms with Crippen molar-refractivity contribution in [2.75, 3.05) is 6.54 Å². The fraction of sp³-hybridized carbons (Fsp3) is 0.677. The number of carbonyl (C=O) groups is 4. The van der Waals surface area contributed by atoms with Crippen LogP contribution in [-0.4, -0.2) is 87.2 Å². The van der Waals surface area contributed by atoms with Crippen LogP contribution < -0.4 is 10.6 Å². The van der Waals surface area contributed by atoms with E-state index in [1.807, 2.05) is 0 Å². The predicted octanol–water partition coefficient (Wildman–Crippen LogP) is 3.16. The summed E-state index contributed by atoms with van der Waals surface area (Å²) in [6, 6.07) is 2.57. The third kappa shape index (κ3) is 9.55. The Balaban J connectivity index is 1.54. The normalized spacial score (nSPS) is 25.2.